The van der Waals surface area contributed by atoms with Crippen LogP contribution in [0.4, 0.5) is 0 Å². The van der Waals surface area contributed by atoms with Crippen molar-refractivity contribution in [2.45, 2.75) is 24.0 Å². The zero-order valence-electron chi connectivity index (χ0n) is 7.73. The van der Waals surface area contributed by atoms with Gasteiger partial charge < -0.3 is 5.32 Å². The maximum absolute atomic E-state index is 4.35. The number of nitrogens with one attached hydrogen (secondary N) is 1. The molecule has 0 spiro atoms. The first-order valence-corrected chi connectivity index (χ1v) is 5.60. The van der Waals surface area contributed by atoms with Crippen LogP contribution >= 0.6 is 11.8 Å². The number of rotatable bonds is 1. The summed E-state index contributed by atoms with van der Waals surface area (Å²) in [6.45, 7) is 3.39. The molecule has 1 aromatic heterocycles. The predicted octanol–water partition coefficient (Wildman–Crippen LogP) is 2.20. The van der Waals surface area contributed by atoms with Gasteiger partial charge in [0.2, 0.25) is 0 Å². The molecule has 1 aliphatic heterocycles. The van der Waals surface area contributed by atoms with Crippen molar-refractivity contribution in [1.29, 1.82) is 0 Å². The van der Waals surface area contributed by atoms with Crippen LogP contribution in [0.2, 0.25) is 0 Å². The molecule has 1 aliphatic rings. The van der Waals surface area contributed by atoms with Crippen molar-refractivity contribution in [3.63, 3.8) is 0 Å². The fourth-order valence-corrected chi connectivity index (χ4v) is 2.68. The Morgan fingerprint density at radius 1 is 1.54 bits per heavy atom. The molecule has 13 heavy (non-hydrogen) atoms. The molecule has 3 heteroatoms. The Bertz CT molecular complexity index is 263. The van der Waals surface area contributed by atoms with Gasteiger partial charge in [-0.1, -0.05) is 13.0 Å². The summed E-state index contributed by atoms with van der Waals surface area (Å²) in [6, 6.07) is 6.09. The van der Waals surface area contributed by atoms with E-state index in [1.54, 1.807) is 0 Å². The molecule has 0 bridgehead atoms. The van der Waals surface area contributed by atoms with Crippen molar-refractivity contribution in [3.8, 4) is 0 Å². The van der Waals surface area contributed by atoms with Crippen LogP contribution in [0.3, 0.4) is 0 Å². The third kappa shape index (κ3) is 2.23. The molecule has 2 unspecified atom stereocenters. The zero-order chi connectivity index (χ0) is 9.10. The van der Waals surface area contributed by atoms with Crippen molar-refractivity contribution in [3.05, 3.63) is 30.1 Å². The average Bonchev–Trinajstić information content (AvgIpc) is 2.19. The summed E-state index contributed by atoms with van der Waals surface area (Å²) in [5.74, 6) is 0. The second-order valence-electron chi connectivity index (χ2n) is 3.32. The molecule has 1 N–H and O–H groups in total. The molecule has 0 saturated carbocycles. The van der Waals surface area contributed by atoms with Crippen molar-refractivity contribution < 1.29 is 0 Å². The predicted molar refractivity (Wildman–Crippen MR) is 56.7 cm³/mol. The van der Waals surface area contributed by atoms with Gasteiger partial charge in [0.1, 0.15) is 0 Å². The Hall–Kier alpha value is -0.540. The van der Waals surface area contributed by atoms with E-state index in [2.05, 4.69) is 23.3 Å². The van der Waals surface area contributed by atoms with Crippen LogP contribution in [0.5, 0.6) is 0 Å². The lowest BCUT2D eigenvalue weighted by Gasteiger charge is -2.27. The molecule has 2 nitrogen and oxygen atoms in total. The molecular formula is C10H14N2S. The van der Waals surface area contributed by atoms with Crippen LogP contribution in [0, 0.1) is 0 Å². The third-order valence-electron chi connectivity index (χ3n) is 2.21. The van der Waals surface area contributed by atoms with E-state index in [1.165, 1.54) is 6.42 Å². The minimum absolute atomic E-state index is 0.393. The molecule has 0 aliphatic carbocycles. The highest BCUT2D eigenvalue weighted by Gasteiger charge is 2.20. The Kier molecular flexibility index (Phi) is 2.86. The van der Waals surface area contributed by atoms with Crippen molar-refractivity contribution in [2.75, 3.05) is 6.54 Å². The van der Waals surface area contributed by atoms with Crippen LogP contribution in [0.1, 0.15) is 24.4 Å². The van der Waals surface area contributed by atoms with Gasteiger partial charge in [0.15, 0.2) is 0 Å². The smallest absolute Gasteiger partial charge is 0.0964 e. The summed E-state index contributed by atoms with van der Waals surface area (Å²) in [5, 5.41) is 4.60. The molecule has 1 aromatic rings. The van der Waals surface area contributed by atoms with E-state index < -0.39 is 0 Å². The summed E-state index contributed by atoms with van der Waals surface area (Å²) < 4.78 is 0. The Balaban J connectivity index is 2.08. The van der Waals surface area contributed by atoms with E-state index in [9.17, 15) is 0 Å². The lowest BCUT2D eigenvalue weighted by Crippen LogP contribution is -2.29. The van der Waals surface area contributed by atoms with E-state index in [-0.39, 0.29) is 0 Å². The summed E-state index contributed by atoms with van der Waals surface area (Å²) in [6.07, 6.45) is 3.12. The van der Waals surface area contributed by atoms with Crippen molar-refractivity contribution in [2.24, 2.45) is 0 Å². The molecule has 2 rings (SSSR count). The number of hydrogen-bond donors (Lipinski definition) is 1. The van der Waals surface area contributed by atoms with Gasteiger partial charge in [-0.15, -0.1) is 11.8 Å². The number of nitrogens with zero attached hydrogens (tertiary/aromatic N) is 1. The minimum Gasteiger partial charge on any atom is -0.300 e. The fraction of sp³-hybridized carbons (Fsp3) is 0.500. The Morgan fingerprint density at radius 2 is 2.46 bits per heavy atom. The first kappa shape index (κ1) is 9.03. The molecule has 70 valence electrons. The quantitative estimate of drug-likeness (QED) is 0.742. The van der Waals surface area contributed by atoms with E-state index in [0.29, 0.717) is 5.37 Å². The van der Waals surface area contributed by atoms with E-state index >= 15 is 0 Å². The minimum atomic E-state index is 0.393. The number of aromatic nitrogens is 1. The molecule has 0 amide bonds. The third-order valence-corrected chi connectivity index (χ3v) is 3.59. The monoisotopic (exact) mass is 194 g/mol. The molecule has 0 aromatic carbocycles. The van der Waals surface area contributed by atoms with Crippen LogP contribution in [0.25, 0.3) is 0 Å². The summed E-state index contributed by atoms with van der Waals surface area (Å²) >= 11 is 1.97. The molecule has 2 atom stereocenters. The topological polar surface area (TPSA) is 24.9 Å². The van der Waals surface area contributed by atoms with Gasteiger partial charge >= 0.3 is 0 Å². The van der Waals surface area contributed by atoms with Gasteiger partial charge in [-0.2, -0.15) is 0 Å². The highest BCUT2D eigenvalue weighted by Crippen LogP contribution is 2.32. The summed E-state index contributed by atoms with van der Waals surface area (Å²) in [4.78, 5) is 4.35. The first-order valence-electron chi connectivity index (χ1n) is 4.66. The van der Waals surface area contributed by atoms with Gasteiger partial charge in [-0.05, 0) is 25.1 Å². The largest absolute Gasteiger partial charge is 0.300 e. The van der Waals surface area contributed by atoms with Gasteiger partial charge in [0.05, 0.1) is 11.1 Å². The summed E-state index contributed by atoms with van der Waals surface area (Å²) in [7, 11) is 0. The van der Waals surface area contributed by atoms with Crippen LogP contribution in [-0.4, -0.2) is 16.8 Å². The van der Waals surface area contributed by atoms with Crippen LogP contribution in [0.15, 0.2) is 24.4 Å². The number of thioether (sulfide) groups is 1. The van der Waals surface area contributed by atoms with Crippen LogP contribution in [-0.2, 0) is 0 Å². The maximum atomic E-state index is 4.35. The fourth-order valence-electron chi connectivity index (χ4n) is 1.47. The zero-order valence-corrected chi connectivity index (χ0v) is 8.55. The summed E-state index contributed by atoms with van der Waals surface area (Å²) in [5.41, 5.74) is 1.15. The van der Waals surface area contributed by atoms with E-state index in [1.807, 2.05) is 30.1 Å². The Labute approximate surface area is 83.1 Å². The van der Waals surface area contributed by atoms with E-state index in [4.69, 9.17) is 0 Å². The first-order chi connectivity index (χ1) is 6.36. The molecule has 1 fully saturated rings. The normalized spacial score (nSPS) is 28.7. The van der Waals surface area contributed by atoms with Crippen molar-refractivity contribution in [1.82, 2.24) is 10.3 Å². The second-order valence-corrected chi connectivity index (χ2v) is 4.87. The highest BCUT2D eigenvalue weighted by atomic mass is 32.2. The van der Waals surface area contributed by atoms with Gasteiger partial charge in [-0.25, -0.2) is 0 Å². The van der Waals surface area contributed by atoms with E-state index in [0.717, 1.165) is 17.5 Å². The average molecular weight is 194 g/mol. The van der Waals surface area contributed by atoms with Crippen LogP contribution < -0.4 is 5.32 Å². The standard InChI is InChI=1S/C10H14N2S/c1-8-5-7-12-10(13-8)9-4-2-3-6-11-9/h2-4,6,8,10,12H,5,7H2,1H3. The van der Waals surface area contributed by atoms with Gasteiger partial charge in [0.25, 0.3) is 0 Å². The molecule has 1 saturated heterocycles. The highest BCUT2D eigenvalue weighted by molar-refractivity contribution is 8.00. The van der Waals surface area contributed by atoms with Gasteiger partial charge in [0, 0.05) is 11.4 Å². The molecule has 0 radical (unpaired) electrons. The van der Waals surface area contributed by atoms with Gasteiger partial charge in [-0.3, -0.25) is 4.98 Å². The Morgan fingerprint density at radius 3 is 3.15 bits per heavy atom. The number of pyridine rings is 1. The maximum Gasteiger partial charge on any atom is 0.0964 e. The molecule has 2 heterocycles. The van der Waals surface area contributed by atoms with Crippen molar-refractivity contribution >= 4 is 11.8 Å². The lowest BCUT2D eigenvalue weighted by molar-refractivity contribution is 0.597. The lowest BCUT2D eigenvalue weighted by atomic mass is 10.3. The SMILES string of the molecule is CC1CCNC(c2ccccn2)S1. The number of hydrogen-bond acceptors (Lipinski definition) is 3. The molecular weight excluding hydrogens is 180 g/mol. The second kappa shape index (κ2) is 4.11.